The Morgan fingerprint density at radius 2 is 2.08 bits per heavy atom. The molecule has 1 atom stereocenters. The van der Waals surface area contributed by atoms with Gasteiger partial charge in [0.15, 0.2) is 0 Å². The average molecular weight is 360 g/mol. The first-order valence-electron chi connectivity index (χ1n) is 7.69. The van der Waals surface area contributed by atoms with Crippen LogP contribution in [0.25, 0.3) is 17.0 Å². The quantitative estimate of drug-likeness (QED) is 0.845. The van der Waals surface area contributed by atoms with Gasteiger partial charge in [0.2, 0.25) is 5.43 Å². The molecule has 0 radical (unpaired) electrons. The van der Waals surface area contributed by atoms with Crippen molar-refractivity contribution in [3.8, 4) is 5.75 Å². The monoisotopic (exact) mass is 360 g/mol. The molecule has 0 fully saturated rings. The fourth-order valence-corrected chi connectivity index (χ4v) is 3.42. The third kappa shape index (κ3) is 2.91. The lowest BCUT2D eigenvalue weighted by Gasteiger charge is -2.17. The first-order valence-corrected chi connectivity index (χ1v) is 8.43. The summed E-state index contributed by atoms with van der Waals surface area (Å²) in [5.41, 5.74) is 0.706. The van der Waals surface area contributed by atoms with E-state index in [2.05, 4.69) is 0 Å². The molecule has 0 saturated carbocycles. The van der Waals surface area contributed by atoms with E-state index in [1.807, 2.05) is 13.8 Å². The molecule has 1 aliphatic carbocycles. The van der Waals surface area contributed by atoms with Gasteiger partial charge in [0.05, 0.1) is 33.2 Å². The average Bonchev–Trinajstić information content (AvgIpc) is 2.54. The lowest BCUT2D eigenvalue weighted by atomic mass is 9.91. The number of fused-ring (bicyclic) bond motifs is 2. The molecule has 0 saturated heterocycles. The Hall–Kier alpha value is -2.67. The van der Waals surface area contributed by atoms with E-state index in [1.54, 1.807) is 19.1 Å². The van der Waals surface area contributed by atoms with Crippen LogP contribution in [0.1, 0.15) is 30.7 Å². The van der Waals surface area contributed by atoms with E-state index in [9.17, 15) is 18.9 Å². The van der Waals surface area contributed by atoms with Gasteiger partial charge < -0.3 is 14.3 Å². The van der Waals surface area contributed by atoms with Crippen LogP contribution in [0.5, 0.6) is 5.75 Å². The van der Waals surface area contributed by atoms with Crippen LogP contribution >= 0.6 is 0 Å². The predicted molar refractivity (Wildman–Crippen MR) is 95.4 cm³/mol. The molecule has 0 bridgehead atoms. The van der Waals surface area contributed by atoms with Gasteiger partial charge in [0.1, 0.15) is 23.0 Å². The van der Waals surface area contributed by atoms with E-state index in [0.29, 0.717) is 11.3 Å². The standard InChI is InChI=1S/C18H16O6S/c1-8(2)23-10-6-9(3)16-12(7-10)15(19)14-13(24-16)5-4-11(18(20)21)17(14)25-22/h4-8,11H,1-3H3,(H,20,21). The van der Waals surface area contributed by atoms with Gasteiger partial charge in [-0.05, 0) is 44.5 Å². The fourth-order valence-electron chi connectivity index (χ4n) is 2.86. The van der Waals surface area contributed by atoms with Crippen LogP contribution in [0, 0.1) is 12.8 Å². The molecule has 130 valence electrons. The van der Waals surface area contributed by atoms with Crippen LogP contribution in [0.3, 0.4) is 0 Å². The Morgan fingerprint density at radius 3 is 2.68 bits per heavy atom. The lowest BCUT2D eigenvalue weighted by Crippen LogP contribution is -2.30. The first kappa shape index (κ1) is 17.2. The molecule has 25 heavy (non-hydrogen) atoms. The molecular weight excluding hydrogens is 344 g/mol. The Morgan fingerprint density at radius 1 is 1.36 bits per heavy atom. The maximum absolute atomic E-state index is 13.0. The minimum atomic E-state index is -1.19. The maximum Gasteiger partial charge on any atom is 0.315 e. The van der Waals surface area contributed by atoms with Gasteiger partial charge in [-0.2, -0.15) is 0 Å². The van der Waals surface area contributed by atoms with Crippen LogP contribution < -0.4 is 10.2 Å². The summed E-state index contributed by atoms with van der Waals surface area (Å²) in [7, 11) is 0. The number of carboxylic acid groups (broad SMARTS) is 1. The second-order valence-electron chi connectivity index (χ2n) is 6.08. The zero-order chi connectivity index (χ0) is 18.3. The number of benzene rings is 1. The Kier molecular flexibility index (Phi) is 4.34. The van der Waals surface area contributed by atoms with E-state index in [4.69, 9.17) is 9.15 Å². The number of carbonyl (C=O) groups is 1. The summed E-state index contributed by atoms with van der Waals surface area (Å²) < 4.78 is 23.0. The number of hydrogen-bond donors (Lipinski definition) is 1. The summed E-state index contributed by atoms with van der Waals surface area (Å²) in [4.78, 5) is 24.3. The molecule has 1 aromatic heterocycles. The van der Waals surface area contributed by atoms with Crippen molar-refractivity contribution in [1.82, 2.24) is 0 Å². The zero-order valence-corrected chi connectivity index (χ0v) is 14.7. The normalized spacial score (nSPS) is 16.2. The minimum Gasteiger partial charge on any atom is -0.491 e. The van der Waals surface area contributed by atoms with E-state index in [1.165, 1.54) is 12.2 Å². The molecule has 6 nitrogen and oxygen atoms in total. The molecule has 1 unspecified atom stereocenters. The van der Waals surface area contributed by atoms with E-state index < -0.39 is 17.3 Å². The zero-order valence-electron chi connectivity index (χ0n) is 13.9. The summed E-state index contributed by atoms with van der Waals surface area (Å²) in [5.74, 6) is -1.61. The van der Waals surface area contributed by atoms with Crippen molar-refractivity contribution in [2.75, 3.05) is 0 Å². The molecule has 1 aliphatic rings. The summed E-state index contributed by atoms with van der Waals surface area (Å²) in [6.07, 6.45) is 2.72. The molecule has 0 amide bonds. The van der Waals surface area contributed by atoms with Gasteiger partial charge in [-0.25, -0.2) is 4.21 Å². The Labute approximate surface area is 146 Å². The highest BCUT2D eigenvalue weighted by Gasteiger charge is 2.31. The predicted octanol–water partition coefficient (Wildman–Crippen LogP) is 2.35. The topological polar surface area (TPSA) is 93.8 Å². The molecule has 0 aliphatic heterocycles. The van der Waals surface area contributed by atoms with Gasteiger partial charge in [-0.3, -0.25) is 9.59 Å². The van der Waals surface area contributed by atoms with Crippen molar-refractivity contribution in [3.05, 3.63) is 45.3 Å². The number of aryl methyl sites for hydroxylation is 1. The minimum absolute atomic E-state index is 0.00997. The molecule has 2 aromatic rings. The van der Waals surface area contributed by atoms with Crippen LogP contribution in [0.4, 0.5) is 0 Å². The largest absolute Gasteiger partial charge is 0.491 e. The van der Waals surface area contributed by atoms with Gasteiger partial charge >= 0.3 is 5.97 Å². The highest BCUT2D eigenvalue weighted by Crippen LogP contribution is 2.29. The van der Waals surface area contributed by atoms with E-state index in [-0.39, 0.29) is 38.9 Å². The summed E-state index contributed by atoms with van der Waals surface area (Å²) >= 11 is 0.00997. The van der Waals surface area contributed by atoms with Crippen molar-refractivity contribution in [1.29, 1.82) is 0 Å². The van der Waals surface area contributed by atoms with Crippen LogP contribution in [0.2, 0.25) is 0 Å². The maximum atomic E-state index is 13.0. The molecule has 1 N–H and O–H groups in total. The van der Waals surface area contributed by atoms with Crippen molar-refractivity contribution in [2.24, 2.45) is 5.92 Å². The second-order valence-corrected chi connectivity index (χ2v) is 6.68. The Bertz CT molecular complexity index is 1020. The SMILES string of the molecule is Cc1cc(OC(C)C)cc2c(=O)c3c(oc12)C=CC(C(=O)O)C3=S=O. The number of carboxylic acids is 1. The molecule has 1 aromatic carbocycles. The van der Waals surface area contributed by atoms with Gasteiger partial charge in [0, 0.05) is 0 Å². The van der Waals surface area contributed by atoms with Crippen molar-refractivity contribution in [3.63, 3.8) is 0 Å². The molecule has 0 spiro atoms. The third-order valence-electron chi connectivity index (χ3n) is 3.87. The van der Waals surface area contributed by atoms with Gasteiger partial charge in [-0.1, -0.05) is 6.08 Å². The van der Waals surface area contributed by atoms with E-state index in [0.717, 1.165) is 5.56 Å². The number of hydrogen-bond acceptors (Lipinski definition) is 5. The summed E-state index contributed by atoms with van der Waals surface area (Å²) in [6, 6.07) is 3.34. The highest BCUT2D eigenvalue weighted by molar-refractivity contribution is 7.67. The van der Waals surface area contributed by atoms with Crippen molar-refractivity contribution in [2.45, 2.75) is 26.9 Å². The fraction of sp³-hybridized carbons (Fsp3) is 0.278. The van der Waals surface area contributed by atoms with Crippen LogP contribution in [-0.4, -0.2) is 26.3 Å². The van der Waals surface area contributed by atoms with Crippen LogP contribution in [0.15, 0.2) is 27.4 Å². The third-order valence-corrected chi connectivity index (χ3v) is 4.51. The molecule has 1 heterocycles. The molecule has 3 rings (SSSR count). The smallest absolute Gasteiger partial charge is 0.315 e. The van der Waals surface area contributed by atoms with E-state index >= 15 is 0 Å². The van der Waals surface area contributed by atoms with Crippen LogP contribution in [-0.2, 0) is 16.1 Å². The second kappa shape index (κ2) is 6.33. The first-order chi connectivity index (χ1) is 11.8. The summed E-state index contributed by atoms with van der Waals surface area (Å²) in [5, 5.41) is 9.54. The number of ether oxygens (including phenoxy) is 1. The molecular formula is C18H16O6S. The van der Waals surface area contributed by atoms with Crippen molar-refractivity contribution < 1.29 is 23.3 Å². The highest BCUT2D eigenvalue weighted by atomic mass is 32.1. The number of aliphatic carboxylic acids is 1. The Balaban J connectivity index is 2.34. The lowest BCUT2D eigenvalue weighted by molar-refractivity contribution is -0.137. The molecule has 7 heteroatoms. The van der Waals surface area contributed by atoms with Gasteiger partial charge in [-0.15, -0.1) is 0 Å². The number of rotatable bonds is 3. The van der Waals surface area contributed by atoms with Crippen molar-refractivity contribution >= 4 is 39.1 Å². The summed E-state index contributed by atoms with van der Waals surface area (Å²) in [6.45, 7) is 5.54. The van der Waals surface area contributed by atoms with Gasteiger partial charge in [0.25, 0.3) is 0 Å².